The molecule has 0 aliphatic carbocycles. The molecule has 1 aliphatic rings. The predicted molar refractivity (Wildman–Crippen MR) is 108 cm³/mol. The lowest BCUT2D eigenvalue weighted by Gasteiger charge is -2.21. The highest BCUT2D eigenvalue weighted by Gasteiger charge is 2.36. The lowest BCUT2D eigenvalue weighted by atomic mass is 9.99. The van der Waals surface area contributed by atoms with E-state index in [1.54, 1.807) is 12.1 Å². The highest BCUT2D eigenvalue weighted by molar-refractivity contribution is 14.0. The summed E-state index contributed by atoms with van der Waals surface area (Å²) >= 11 is 0. The summed E-state index contributed by atoms with van der Waals surface area (Å²) in [5.74, 6) is 0.762. The van der Waals surface area contributed by atoms with E-state index >= 15 is 0 Å². The van der Waals surface area contributed by atoms with Crippen LogP contribution in [0.1, 0.15) is 25.0 Å². The number of nitriles is 1. The summed E-state index contributed by atoms with van der Waals surface area (Å²) in [6, 6.07) is 9.52. The van der Waals surface area contributed by atoms with E-state index in [0.717, 1.165) is 24.6 Å². The van der Waals surface area contributed by atoms with E-state index in [-0.39, 0.29) is 41.8 Å². The minimum Gasteiger partial charge on any atom is -0.469 e. The van der Waals surface area contributed by atoms with Gasteiger partial charge in [-0.15, -0.1) is 24.0 Å². The van der Waals surface area contributed by atoms with Gasteiger partial charge in [-0.05, 0) is 30.5 Å². The van der Waals surface area contributed by atoms with Crippen LogP contribution < -0.4 is 5.32 Å². The molecule has 2 rings (SSSR count). The molecular weight excluding hydrogens is 431 g/mol. The number of carbonyl (C=O) groups is 1. The van der Waals surface area contributed by atoms with E-state index in [1.165, 1.54) is 7.11 Å². The number of benzene rings is 1. The molecule has 1 aromatic carbocycles. The van der Waals surface area contributed by atoms with Crippen molar-refractivity contribution >= 4 is 35.9 Å². The third-order valence-corrected chi connectivity index (χ3v) is 4.25. The zero-order valence-electron chi connectivity index (χ0n) is 14.9. The van der Waals surface area contributed by atoms with Crippen molar-refractivity contribution in [3.63, 3.8) is 0 Å². The van der Waals surface area contributed by atoms with Crippen LogP contribution in [0.25, 0.3) is 0 Å². The number of esters is 1. The van der Waals surface area contributed by atoms with Gasteiger partial charge in [0.2, 0.25) is 0 Å². The predicted octanol–water partition coefficient (Wildman–Crippen LogP) is 2.38. The molecule has 1 fully saturated rings. The Morgan fingerprint density at radius 2 is 2.08 bits per heavy atom. The van der Waals surface area contributed by atoms with Gasteiger partial charge in [-0.25, -0.2) is 4.99 Å². The third kappa shape index (κ3) is 5.59. The molecule has 2 atom stereocenters. The van der Waals surface area contributed by atoms with E-state index in [2.05, 4.69) is 28.2 Å². The largest absolute Gasteiger partial charge is 0.469 e. The van der Waals surface area contributed by atoms with Gasteiger partial charge in [0.05, 0.1) is 31.2 Å². The lowest BCUT2D eigenvalue weighted by Crippen LogP contribution is -2.40. The second-order valence-electron chi connectivity index (χ2n) is 5.99. The van der Waals surface area contributed by atoms with Crippen molar-refractivity contribution in [3.8, 4) is 6.07 Å². The number of ether oxygens (including phenoxy) is 1. The smallest absolute Gasteiger partial charge is 0.310 e. The van der Waals surface area contributed by atoms with Gasteiger partial charge in [0, 0.05) is 19.6 Å². The molecule has 7 heteroatoms. The van der Waals surface area contributed by atoms with Crippen LogP contribution in [0.3, 0.4) is 0 Å². The third-order valence-electron chi connectivity index (χ3n) is 4.25. The van der Waals surface area contributed by atoms with Crippen LogP contribution in [0.4, 0.5) is 0 Å². The molecule has 1 saturated heterocycles. The minimum absolute atomic E-state index is 0. The van der Waals surface area contributed by atoms with Crippen molar-refractivity contribution in [3.05, 3.63) is 35.4 Å². The number of nitrogens with one attached hydrogen (secondary N) is 1. The Hall–Kier alpha value is -1.82. The van der Waals surface area contributed by atoms with Crippen LogP contribution in [-0.4, -0.2) is 43.6 Å². The summed E-state index contributed by atoms with van der Waals surface area (Å²) < 4.78 is 4.89. The summed E-state index contributed by atoms with van der Waals surface area (Å²) in [6.07, 6.45) is 0. The van der Waals surface area contributed by atoms with Crippen molar-refractivity contribution in [2.75, 3.05) is 26.7 Å². The van der Waals surface area contributed by atoms with Gasteiger partial charge in [0.15, 0.2) is 5.96 Å². The number of nitrogens with zero attached hydrogens (tertiary/aromatic N) is 3. The fraction of sp³-hybridized carbons (Fsp3) is 0.500. The summed E-state index contributed by atoms with van der Waals surface area (Å²) in [5.41, 5.74) is 1.69. The Balaban J connectivity index is 0.00000312. The van der Waals surface area contributed by atoms with Crippen molar-refractivity contribution in [1.29, 1.82) is 5.26 Å². The van der Waals surface area contributed by atoms with Gasteiger partial charge in [-0.3, -0.25) is 4.79 Å². The summed E-state index contributed by atoms with van der Waals surface area (Å²) in [5, 5.41) is 12.1. The van der Waals surface area contributed by atoms with Gasteiger partial charge in [-0.2, -0.15) is 5.26 Å². The number of carbonyl (C=O) groups excluding carboxylic acids is 1. The van der Waals surface area contributed by atoms with Crippen molar-refractivity contribution in [2.24, 2.45) is 16.8 Å². The molecular formula is C18H25IN4O2. The second-order valence-corrected chi connectivity index (χ2v) is 5.99. The van der Waals surface area contributed by atoms with Crippen LogP contribution in [0.5, 0.6) is 0 Å². The van der Waals surface area contributed by atoms with Crippen LogP contribution >= 0.6 is 24.0 Å². The number of rotatable bonds is 4. The molecule has 1 N–H and O–H groups in total. The van der Waals surface area contributed by atoms with Crippen molar-refractivity contribution < 1.29 is 9.53 Å². The standard InChI is InChI=1S/C18H24N4O2.HI/c1-4-20-18(21-10-15-7-5-14(9-19)6-8-15)22-11-13(2)16(12-22)17(23)24-3;/h5-8,13,16H,4,10-12H2,1-3H3,(H,20,21);1H. The number of likely N-dealkylation sites (tertiary alicyclic amines) is 1. The maximum atomic E-state index is 11.9. The van der Waals surface area contributed by atoms with E-state index in [9.17, 15) is 4.79 Å². The van der Waals surface area contributed by atoms with Gasteiger partial charge in [0.25, 0.3) is 0 Å². The minimum atomic E-state index is -0.159. The van der Waals surface area contributed by atoms with Crippen LogP contribution in [0.15, 0.2) is 29.3 Å². The Morgan fingerprint density at radius 1 is 1.40 bits per heavy atom. The van der Waals surface area contributed by atoms with Gasteiger partial charge < -0.3 is 15.0 Å². The number of hydrogen-bond acceptors (Lipinski definition) is 4. The van der Waals surface area contributed by atoms with Gasteiger partial charge >= 0.3 is 5.97 Å². The highest BCUT2D eigenvalue weighted by Crippen LogP contribution is 2.24. The molecule has 6 nitrogen and oxygen atoms in total. The Labute approximate surface area is 166 Å². The molecule has 25 heavy (non-hydrogen) atoms. The Bertz CT molecular complexity index is 639. The molecule has 0 saturated carbocycles. The molecule has 1 heterocycles. The molecule has 0 bridgehead atoms. The van der Waals surface area contributed by atoms with Crippen molar-refractivity contribution in [2.45, 2.75) is 20.4 Å². The molecule has 0 radical (unpaired) electrons. The molecule has 2 unspecified atom stereocenters. The van der Waals surface area contributed by atoms with E-state index in [4.69, 9.17) is 10.00 Å². The van der Waals surface area contributed by atoms with Crippen LogP contribution in [0, 0.1) is 23.2 Å². The number of hydrogen-bond donors (Lipinski definition) is 1. The Morgan fingerprint density at radius 3 is 2.64 bits per heavy atom. The monoisotopic (exact) mass is 456 g/mol. The number of aliphatic imine (C=N–C) groups is 1. The van der Waals surface area contributed by atoms with E-state index < -0.39 is 0 Å². The van der Waals surface area contributed by atoms with Crippen LogP contribution in [-0.2, 0) is 16.1 Å². The first-order chi connectivity index (χ1) is 11.6. The summed E-state index contributed by atoms with van der Waals surface area (Å²) in [6.45, 7) is 6.77. The fourth-order valence-corrected chi connectivity index (χ4v) is 2.87. The highest BCUT2D eigenvalue weighted by atomic mass is 127. The van der Waals surface area contributed by atoms with E-state index in [1.807, 2.05) is 19.1 Å². The van der Waals surface area contributed by atoms with Gasteiger partial charge in [-0.1, -0.05) is 19.1 Å². The molecule has 136 valence electrons. The maximum Gasteiger partial charge on any atom is 0.310 e. The molecule has 1 aliphatic heterocycles. The normalized spacial score (nSPS) is 19.8. The number of halogens is 1. The zero-order valence-corrected chi connectivity index (χ0v) is 17.2. The first kappa shape index (κ1) is 21.2. The number of methoxy groups -OCH3 is 1. The summed E-state index contributed by atoms with van der Waals surface area (Å²) in [7, 11) is 1.43. The molecule has 0 aromatic heterocycles. The average Bonchev–Trinajstić information content (AvgIpc) is 3.00. The second kappa shape index (κ2) is 10.2. The Kier molecular flexibility index (Phi) is 8.69. The average molecular weight is 456 g/mol. The first-order valence-corrected chi connectivity index (χ1v) is 8.19. The zero-order chi connectivity index (χ0) is 17.5. The fourth-order valence-electron chi connectivity index (χ4n) is 2.87. The van der Waals surface area contributed by atoms with E-state index in [0.29, 0.717) is 18.7 Å². The molecule has 0 amide bonds. The molecule has 1 aromatic rings. The SMILES string of the molecule is CCNC(=NCc1ccc(C#N)cc1)N1CC(C)C(C(=O)OC)C1.I. The summed E-state index contributed by atoms with van der Waals surface area (Å²) in [4.78, 5) is 18.6. The topological polar surface area (TPSA) is 77.7 Å². The van der Waals surface area contributed by atoms with Gasteiger partial charge in [0.1, 0.15) is 0 Å². The lowest BCUT2D eigenvalue weighted by molar-refractivity contribution is -0.145. The number of guanidine groups is 1. The maximum absolute atomic E-state index is 11.9. The van der Waals surface area contributed by atoms with Crippen molar-refractivity contribution in [1.82, 2.24) is 10.2 Å². The quantitative estimate of drug-likeness (QED) is 0.326. The molecule has 0 spiro atoms. The first-order valence-electron chi connectivity index (χ1n) is 8.19. The van der Waals surface area contributed by atoms with Crippen LogP contribution in [0.2, 0.25) is 0 Å².